The van der Waals surface area contributed by atoms with Crippen LogP contribution in [0.4, 0.5) is 5.82 Å². The Morgan fingerprint density at radius 3 is 2.69 bits per heavy atom. The molecule has 2 rings (SSSR count). The number of rotatable bonds is 7. The summed E-state index contributed by atoms with van der Waals surface area (Å²) >= 11 is 0. The predicted octanol–water partition coefficient (Wildman–Crippen LogP) is 2.05. The van der Waals surface area contributed by atoms with E-state index >= 15 is 0 Å². The molecular formula is C19H25N7. The maximum atomic E-state index is 9.42. The molecule has 0 aliphatic carbocycles. The van der Waals surface area contributed by atoms with Crippen molar-refractivity contribution in [2.45, 2.75) is 26.7 Å². The van der Waals surface area contributed by atoms with Gasteiger partial charge in [0.1, 0.15) is 17.5 Å². The number of anilines is 1. The lowest BCUT2D eigenvalue weighted by atomic mass is 10.1. The van der Waals surface area contributed by atoms with Crippen LogP contribution >= 0.6 is 0 Å². The molecule has 0 saturated carbocycles. The second kappa shape index (κ2) is 8.72. The maximum absolute atomic E-state index is 9.42. The van der Waals surface area contributed by atoms with Crippen LogP contribution in [0.1, 0.15) is 30.2 Å². The highest BCUT2D eigenvalue weighted by Crippen LogP contribution is 2.21. The third kappa shape index (κ3) is 4.86. The summed E-state index contributed by atoms with van der Waals surface area (Å²) in [7, 11) is 0. The molecular weight excluding hydrogens is 326 g/mol. The van der Waals surface area contributed by atoms with Gasteiger partial charge >= 0.3 is 0 Å². The molecule has 0 spiro atoms. The minimum atomic E-state index is 0.363. The molecule has 26 heavy (non-hydrogen) atoms. The second-order valence-electron chi connectivity index (χ2n) is 6.25. The number of nitriles is 1. The van der Waals surface area contributed by atoms with Gasteiger partial charge in [-0.05, 0) is 38.8 Å². The Bertz CT molecular complexity index is 838. The zero-order valence-corrected chi connectivity index (χ0v) is 15.3. The van der Waals surface area contributed by atoms with Crippen LogP contribution in [-0.4, -0.2) is 28.8 Å². The first kappa shape index (κ1) is 19.1. The zero-order chi connectivity index (χ0) is 19.1. The molecule has 136 valence electrons. The highest BCUT2D eigenvalue weighted by Gasteiger charge is 2.16. The summed E-state index contributed by atoms with van der Waals surface area (Å²) < 4.78 is 1.61. The molecule has 0 aliphatic rings. The number of aromatic nitrogens is 2. The van der Waals surface area contributed by atoms with Crippen LogP contribution in [-0.2, 0) is 6.42 Å². The number of hydrogen-bond donors (Lipinski definition) is 3. The number of aryl methyl sites for hydroxylation is 2. The molecule has 7 heteroatoms. The lowest BCUT2D eigenvalue weighted by Gasteiger charge is -2.05. The third-order valence-corrected chi connectivity index (χ3v) is 3.80. The van der Waals surface area contributed by atoms with E-state index in [4.69, 9.17) is 11.5 Å². The van der Waals surface area contributed by atoms with E-state index in [0.717, 1.165) is 23.2 Å². The Morgan fingerprint density at radius 1 is 1.38 bits per heavy atom. The van der Waals surface area contributed by atoms with Crippen molar-refractivity contribution >= 4 is 11.8 Å². The summed E-state index contributed by atoms with van der Waals surface area (Å²) in [4.78, 5) is 4.16. The van der Waals surface area contributed by atoms with Crippen molar-refractivity contribution in [2.24, 2.45) is 10.7 Å². The smallest absolute Gasteiger partial charge is 0.188 e. The van der Waals surface area contributed by atoms with Crippen molar-refractivity contribution in [3.8, 4) is 11.8 Å². The van der Waals surface area contributed by atoms with Gasteiger partial charge in [-0.15, -0.1) is 0 Å². The number of guanidine groups is 1. The van der Waals surface area contributed by atoms with Crippen molar-refractivity contribution in [2.75, 3.05) is 18.8 Å². The van der Waals surface area contributed by atoms with Gasteiger partial charge in [-0.25, -0.2) is 9.67 Å². The van der Waals surface area contributed by atoms with Crippen molar-refractivity contribution in [3.05, 3.63) is 53.2 Å². The normalized spacial score (nSPS) is 11.2. The number of nitrogen functional groups attached to an aromatic ring is 1. The second-order valence-corrected chi connectivity index (χ2v) is 6.25. The molecule has 0 unspecified atom stereocenters. The fraction of sp³-hybridized carbons (Fsp3) is 0.316. The first-order valence-corrected chi connectivity index (χ1v) is 8.45. The van der Waals surface area contributed by atoms with E-state index in [1.165, 1.54) is 0 Å². The lowest BCUT2D eigenvalue weighted by molar-refractivity contribution is 0.737. The monoisotopic (exact) mass is 351 g/mol. The Balaban J connectivity index is 2.03. The molecule has 0 bridgehead atoms. The molecule has 0 aliphatic heterocycles. The summed E-state index contributed by atoms with van der Waals surface area (Å²) in [6.45, 7) is 8.83. The molecule has 0 fully saturated rings. The molecule has 5 N–H and O–H groups in total. The van der Waals surface area contributed by atoms with Gasteiger partial charge in [-0.3, -0.25) is 0 Å². The van der Waals surface area contributed by atoms with E-state index < -0.39 is 0 Å². The number of hydrogen-bond acceptors (Lipinski definition) is 4. The first-order chi connectivity index (χ1) is 12.4. The van der Waals surface area contributed by atoms with Gasteiger partial charge in [0.15, 0.2) is 5.96 Å². The number of nitrogens with one attached hydrogen (secondary N) is 1. The van der Waals surface area contributed by atoms with E-state index in [0.29, 0.717) is 42.5 Å². The van der Waals surface area contributed by atoms with Crippen molar-refractivity contribution < 1.29 is 0 Å². The molecule has 1 aromatic heterocycles. The SMILES string of the molecule is C=C(C)CN=C(N)NCCCc1nn(-c2ccc(C)cc2)c(N)c1C#N. The topological polar surface area (TPSA) is 118 Å². The highest BCUT2D eigenvalue weighted by atomic mass is 15.3. The van der Waals surface area contributed by atoms with Gasteiger partial charge in [0.05, 0.1) is 17.9 Å². The van der Waals surface area contributed by atoms with Crippen molar-refractivity contribution in [1.82, 2.24) is 15.1 Å². The van der Waals surface area contributed by atoms with Gasteiger partial charge in [0.2, 0.25) is 0 Å². The molecule has 0 atom stereocenters. The molecule has 0 radical (unpaired) electrons. The van der Waals surface area contributed by atoms with Crippen molar-refractivity contribution in [3.63, 3.8) is 0 Å². The van der Waals surface area contributed by atoms with Gasteiger partial charge in [-0.2, -0.15) is 10.4 Å². The molecule has 0 saturated heterocycles. The van der Waals surface area contributed by atoms with Crippen molar-refractivity contribution in [1.29, 1.82) is 5.26 Å². The Kier molecular flexibility index (Phi) is 6.39. The van der Waals surface area contributed by atoms with Gasteiger partial charge in [-0.1, -0.05) is 29.8 Å². The molecule has 1 heterocycles. The van der Waals surface area contributed by atoms with E-state index in [1.807, 2.05) is 38.1 Å². The summed E-state index contributed by atoms with van der Waals surface area (Å²) in [6.07, 6.45) is 1.37. The minimum Gasteiger partial charge on any atom is -0.382 e. The molecule has 2 aromatic rings. The average molecular weight is 351 g/mol. The Morgan fingerprint density at radius 2 is 2.08 bits per heavy atom. The van der Waals surface area contributed by atoms with Crippen LogP contribution in [0.25, 0.3) is 5.69 Å². The van der Waals surface area contributed by atoms with Gasteiger partial charge < -0.3 is 16.8 Å². The number of nitrogens with zero attached hydrogens (tertiary/aromatic N) is 4. The van der Waals surface area contributed by atoms with Crippen LogP contribution < -0.4 is 16.8 Å². The van der Waals surface area contributed by atoms with Crippen LogP contribution in [0.3, 0.4) is 0 Å². The summed E-state index contributed by atoms with van der Waals surface area (Å²) in [5.74, 6) is 0.750. The summed E-state index contributed by atoms with van der Waals surface area (Å²) in [5, 5.41) is 17.0. The zero-order valence-electron chi connectivity index (χ0n) is 15.3. The van der Waals surface area contributed by atoms with E-state index in [2.05, 4.69) is 28.1 Å². The van der Waals surface area contributed by atoms with Gasteiger partial charge in [0.25, 0.3) is 0 Å². The summed E-state index contributed by atoms with van der Waals surface area (Å²) in [5.41, 5.74) is 15.9. The van der Waals surface area contributed by atoms with E-state index in [1.54, 1.807) is 4.68 Å². The standard InChI is InChI=1S/C19H25N7/c1-13(2)12-24-19(22)23-10-4-5-17-16(11-20)18(21)26(25-17)15-8-6-14(3)7-9-15/h6-9H,1,4-5,10,12,21H2,2-3H3,(H3,22,23,24). The fourth-order valence-corrected chi connectivity index (χ4v) is 2.41. The van der Waals surface area contributed by atoms with Gasteiger partial charge in [0, 0.05) is 6.54 Å². The molecule has 0 amide bonds. The number of nitrogens with two attached hydrogens (primary N) is 2. The maximum Gasteiger partial charge on any atom is 0.188 e. The van der Waals surface area contributed by atoms with Crippen LogP contribution in [0.15, 0.2) is 41.4 Å². The fourth-order valence-electron chi connectivity index (χ4n) is 2.41. The molecule has 1 aromatic carbocycles. The lowest BCUT2D eigenvalue weighted by Crippen LogP contribution is -2.32. The average Bonchev–Trinajstić information content (AvgIpc) is 2.93. The van der Waals surface area contributed by atoms with E-state index in [9.17, 15) is 5.26 Å². The number of aliphatic imine (C=N–C) groups is 1. The Hall–Kier alpha value is -3.27. The Labute approximate surface area is 154 Å². The highest BCUT2D eigenvalue weighted by molar-refractivity contribution is 5.77. The summed E-state index contributed by atoms with van der Waals surface area (Å²) in [6, 6.07) is 10.0. The van der Waals surface area contributed by atoms with Crippen LogP contribution in [0.5, 0.6) is 0 Å². The first-order valence-electron chi connectivity index (χ1n) is 8.45. The third-order valence-electron chi connectivity index (χ3n) is 3.80. The number of benzene rings is 1. The molecule has 7 nitrogen and oxygen atoms in total. The van der Waals surface area contributed by atoms with E-state index in [-0.39, 0.29) is 0 Å². The minimum absolute atomic E-state index is 0.363. The van der Waals surface area contributed by atoms with Crippen LogP contribution in [0, 0.1) is 18.3 Å². The van der Waals surface area contributed by atoms with Crippen LogP contribution in [0.2, 0.25) is 0 Å². The largest absolute Gasteiger partial charge is 0.382 e. The predicted molar refractivity (Wildman–Crippen MR) is 105 cm³/mol. The quantitative estimate of drug-likeness (QED) is 0.305.